The van der Waals surface area contributed by atoms with Crippen molar-refractivity contribution in [2.45, 2.75) is 40.0 Å². The van der Waals surface area contributed by atoms with E-state index in [0.717, 1.165) is 6.42 Å². The van der Waals surface area contributed by atoms with Crippen LogP contribution in [0.25, 0.3) is 0 Å². The Kier molecular flexibility index (Phi) is 4.64. The highest BCUT2D eigenvalue weighted by Gasteiger charge is 2.29. The lowest BCUT2D eigenvalue weighted by Gasteiger charge is -2.20. The second-order valence-electron chi connectivity index (χ2n) is 3.30. The Balaban J connectivity index is 4.15. The van der Waals surface area contributed by atoms with Crippen molar-refractivity contribution in [3.8, 4) is 0 Å². The van der Waals surface area contributed by atoms with Crippen LogP contribution >= 0.6 is 0 Å². The van der Waals surface area contributed by atoms with Crippen LogP contribution < -0.4 is 0 Å². The summed E-state index contributed by atoms with van der Waals surface area (Å²) in [5.41, 5.74) is -0.578. The van der Waals surface area contributed by atoms with Crippen molar-refractivity contribution in [2.75, 3.05) is 0 Å². The van der Waals surface area contributed by atoms with E-state index >= 15 is 0 Å². The lowest BCUT2D eigenvalue weighted by molar-refractivity contribution is -0.147. The molecule has 0 radical (unpaired) electrons. The summed E-state index contributed by atoms with van der Waals surface area (Å²) in [4.78, 5) is 10.8. The summed E-state index contributed by atoms with van der Waals surface area (Å²) >= 11 is 0. The molecule has 12 heavy (non-hydrogen) atoms. The molecule has 0 heterocycles. The van der Waals surface area contributed by atoms with Gasteiger partial charge >= 0.3 is 5.97 Å². The zero-order valence-electron chi connectivity index (χ0n) is 8.13. The monoisotopic (exact) mass is 170 g/mol. The van der Waals surface area contributed by atoms with Gasteiger partial charge in [0.05, 0.1) is 5.41 Å². The smallest absolute Gasteiger partial charge is 0.309 e. The molecule has 2 nitrogen and oxygen atoms in total. The minimum Gasteiger partial charge on any atom is -0.481 e. The van der Waals surface area contributed by atoms with Crippen molar-refractivity contribution in [3.05, 3.63) is 12.2 Å². The Bertz CT molecular complexity index is 173. The zero-order chi connectivity index (χ0) is 9.61. The number of carboxylic acids is 1. The molecule has 0 saturated heterocycles. The van der Waals surface area contributed by atoms with Crippen LogP contribution in [0, 0.1) is 5.41 Å². The van der Waals surface area contributed by atoms with E-state index in [1.165, 1.54) is 0 Å². The Morgan fingerprint density at radius 2 is 2.00 bits per heavy atom. The molecule has 70 valence electrons. The fraction of sp³-hybridized carbons (Fsp3) is 0.700. The normalized spacial score (nSPS) is 16.2. The van der Waals surface area contributed by atoms with Gasteiger partial charge in [-0.15, -0.1) is 0 Å². The average molecular weight is 170 g/mol. The molecule has 0 amide bonds. The van der Waals surface area contributed by atoms with E-state index in [-0.39, 0.29) is 0 Å². The van der Waals surface area contributed by atoms with E-state index in [1.807, 2.05) is 26.0 Å². The number of hydrogen-bond donors (Lipinski definition) is 1. The van der Waals surface area contributed by atoms with E-state index in [9.17, 15) is 4.79 Å². The van der Waals surface area contributed by atoms with E-state index in [4.69, 9.17) is 5.11 Å². The van der Waals surface area contributed by atoms with Crippen molar-refractivity contribution >= 4 is 5.97 Å². The third-order valence-electron chi connectivity index (χ3n) is 2.27. The molecule has 0 aromatic heterocycles. The van der Waals surface area contributed by atoms with Crippen molar-refractivity contribution in [3.63, 3.8) is 0 Å². The van der Waals surface area contributed by atoms with E-state index in [1.54, 1.807) is 6.92 Å². The molecule has 2 heteroatoms. The lowest BCUT2D eigenvalue weighted by atomic mass is 9.84. The second-order valence-corrected chi connectivity index (χ2v) is 3.30. The summed E-state index contributed by atoms with van der Waals surface area (Å²) in [5.74, 6) is -0.703. The maximum atomic E-state index is 10.8. The number of allylic oxidation sites excluding steroid dienone is 2. The van der Waals surface area contributed by atoms with Gasteiger partial charge in [0.2, 0.25) is 0 Å². The van der Waals surface area contributed by atoms with Crippen LogP contribution in [0.3, 0.4) is 0 Å². The lowest BCUT2D eigenvalue weighted by Crippen LogP contribution is -2.25. The summed E-state index contributed by atoms with van der Waals surface area (Å²) < 4.78 is 0. The minimum absolute atomic E-state index is 0.578. The van der Waals surface area contributed by atoms with Crippen LogP contribution in [-0.4, -0.2) is 11.1 Å². The first-order chi connectivity index (χ1) is 5.56. The summed E-state index contributed by atoms with van der Waals surface area (Å²) in [5, 5.41) is 8.90. The highest BCUT2D eigenvalue weighted by molar-refractivity contribution is 5.74. The van der Waals surface area contributed by atoms with Crippen LogP contribution in [-0.2, 0) is 4.79 Å². The third kappa shape index (κ3) is 3.07. The van der Waals surface area contributed by atoms with Gasteiger partial charge in [0.25, 0.3) is 0 Å². The van der Waals surface area contributed by atoms with Gasteiger partial charge in [0.15, 0.2) is 0 Å². The molecule has 1 atom stereocenters. The first kappa shape index (κ1) is 11.2. The van der Waals surface area contributed by atoms with E-state index < -0.39 is 11.4 Å². The number of carbonyl (C=O) groups is 1. The van der Waals surface area contributed by atoms with Crippen molar-refractivity contribution in [1.82, 2.24) is 0 Å². The first-order valence-corrected chi connectivity index (χ1v) is 4.45. The highest BCUT2D eigenvalue weighted by atomic mass is 16.4. The number of aliphatic carboxylic acids is 1. The molecule has 0 aliphatic carbocycles. The molecule has 0 aromatic rings. The van der Waals surface area contributed by atoms with Crippen molar-refractivity contribution in [1.29, 1.82) is 0 Å². The van der Waals surface area contributed by atoms with Crippen LogP contribution in [0.2, 0.25) is 0 Å². The summed E-state index contributed by atoms with van der Waals surface area (Å²) in [6.07, 6.45) is 6.25. The molecular weight excluding hydrogens is 152 g/mol. The van der Waals surface area contributed by atoms with Gasteiger partial charge in [-0.2, -0.15) is 0 Å². The van der Waals surface area contributed by atoms with Crippen LogP contribution in [0.15, 0.2) is 12.2 Å². The standard InChI is InChI=1S/C10H18O2/c1-4-6-7-8-10(3,5-2)9(11)12/h6-7H,4-5,8H2,1-3H3,(H,11,12). The average Bonchev–Trinajstić information content (AvgIpc) is 2.04. The molecule has 0 bridgehead atoms. The van der Waals surface area contributed by atoms with Crippen molar-refractivity contribution < 1.29 is 9.90 Å². The summed E-state index contributed by atoms with van der Waals surface area (Å²) in [6, 6.07) is 0. The zero-order valence-corrected chi connectivity index (χ0v) is 8.13. The minimum atomic E-state index is -0.703. The molecule has 0 fully saturated rings. The number of carboxylic acid groups (broad SMARTS) is 1. The highest BCUT2D eigenvalue weighted by Crippen LogP contribution is 2.26. The maximum absolute atomic E-state index is 10.8. The predicted octanol–water partition coefficient (Wildman–Crippen LogP) is 2.84. The van der Waals surface area contributed by atoms with Gasteiger partial charge in [-0.05, 0) is 26.2 Å². The van der Waals surface area contributed by atoms with Gasteiger partial charge in [0.1, 0.15) is 0 Å². The molecule has 1 N–H and O–H groups in total. The second kappa shape index (κ2) is 4.96. The quantitative estimate of drug-likeness (QED) is 0.644. The van der Waals surface area contributed by atoms with Crippen LogP contribution in [0.4, 0.5) is 0 Å². The van der Waals surface area contributed by atoms with Crippen LogP contribution in [0.5, 0.6) is 0 Å². The Hall–Kier alpha value is -0.790. The van der Waals surface area contributed by atoms with Gasteiger partial charge in [0, 0.05) is 0 Å². The molecule has 0 rings (SSSR count). The number of hydrogen-bond acceptors (Lipinski definition) is 1. The summed E-state index contributed by atoms with van der Waals surface area (Å²) in [7, 11) is 0. The fourth-order valence-corrected chi connectivity index (χ4v) is 0.893. The number of rotatable bonds is 5. The van der Waals surface area contributed by atoms with Gasteiger partial charge in [-0.25, -0.2) is 0 Å². The summed E-state index contributed by atoms with van der Waals surface area (Å²) in [6.45, 7) is 5.74. The Labute approximate surface area is 74.3 Å². The first-order valence-electron chi connectivity index (χ1n) is 4.45. The third-order valence-corrected chi connectivity index (χ3v) is 2.27. The molecular formula is C10H18O2. The van der Waals surface area contributed by atoms with Gasteiger partial charge in [-0.3, -0.25) is 4.79 Å². The van der Waals surface area contributed by atoms with Gasteiger partial charge < -0.3 is 5.11 Å². The fourth-order valence-electron chi connectivity index (χ4n) is 0.893. The molecule has 0 saturated carbocycles. The predicted molar refractivity (Wildman–Crippen MR) is 50.1 cm³/mol. The van der Waals surface area contributed by atoms with Crippen molar-refractivity contribution in [2.24, 2.45) is 5.41 Å². The van der Waals surface area contributed by atoms with E-state index in [0.29, 0.717) is 12.8 Å². The largest absolute Gasteiger partial charge is 0.481 e. The topological polar surface area (TPSA) is 37.3 Å². The molecule has 0 aliphatic rings. The molecule has 0 aliphatic heterocycles. The molecule has 0 aromatic carbocycles. The Morgan fingerprint density at radius 3 is 2.33 bits per heavy atom. The molecule has 1 unspecified atom stereocenters. The van der Waals surface area contributed by atoms with E-state index in [2.05, 4.69) is 0 Å². The SMILES string of the molecule is CCC=CCC(C)(CC)C(=O)O. The van der Waals surface area contributed by atoms with Crippen LogP contribution in [0.1, 0.15) is 40.0 Å². The molecule has 0 spiro atoms. The van der Waals surface area contributed by atoms with Gasteiger partial charge in [-0.1, -0.05) is 26.0 Å². The Morgan fingerprint density at radius 1 is 1.42 bits per heavy atom. The maximum Gasteiger partial charge on any atom is 0.309 e.